The average molecular weight is 328 g/mol. The van der Waals surface area contributed by atoms with Crippen LogP contribution in [0.15, 0.2) is 33.7 Å². The summed E-state index contributed by atoms with van der Waals surface area (Å²) < 4.78 is 59.1. The number of hydrogen-bond donors (Lipinski definition) is 0. The maximum atomic E-state index is 13.9. The topological polar surface area (TPSA) is 63.4 Å². The highest BCUT2D eigenvalue weighted by molar-refractivity contribution is 7.89. The molecule has 2 heterocycles. The van der Waals surface area contributed by atoms with Crippen LogP contribution in [0.1, 0.15) is 30.3 Å². The van der Waals surface area contributed by atoms with Gasteiger partial charge in [0.15, 0.2) is 4.90 Å². The summed E-state index contributed by atoms with van der Waals surface area (Å²) in [5, 5.41) is 3.83. The minimum Gasteiger partial charge on any atom is -0.361 e. The molecule has 0 aliphatic carbocycles. The molecule has 0 spiro atoms. The van der Waals surface area contributed by atoms with Gasteiger partial charge in [0.05, 0.1) is 6.04 Å². The van der Waals surface area contributed by atoms with E-state index in [2.05, 4.69) is 5.16 Å². The minimum atomic E-state index is -4.29. The molecule has 0 saturated carbocycles. The number of halogens is 2. The van der Waals surface area contributed by atoms with Crippen molar-refractivity contribution >= 4 is 10.0 Å². The van der Waals surface area contributed by atoms with E-state index in [1.54, 1.807) is 13.0 Å². The lowest BCUT2D eigenvalue weighted by molar-refractivity contribution is 0.347. The molecule has 8 heteroatoms. The molecule has 3 rings (SSSR count). The summed E-state index contributed by atoms with van der Waals surface area (Å²) in [7, 11) is -4.29. The second-order valence-electron chi connectivity index (χ2n) is 5.19. The van der Waals surface area contributed by atoms with Gasteiger partial charge in [-0.15, -0.1) is 0 Å². The van der Waals surface area contributed by atoms with Gasteiger partial charge in [0, 0.05) is 12.6 Å². The number of hydrogen-bond acceptors (Lipinski definition) is 4. The highest BCUT2D eigenvalue weighted by Crippen LogP contribution is 2.37. The Morgan fingerprint density at radius 1 is 1.32 bits per heavy atom. The van der Waals surface area contributed by atoms with Crippen molar-refractivity contribution in [3.63, 3.8) is 0 Å². The maximum absolute atomic E-state index is 13.9. The summed E-state index contributed by atoms with van der Waals surface area (Å²) in [6.45, 7) is 1.88. The predicted octanol–water partition coefficient (Wildman–Crippen LogP) is 2.79. The molecule has 1 aliphatic rings. The molecule has 1 atom stereocenters. The Morgan fingerprint density at radius 2 is 2.00 bits per heavy atom. The molecule has 1 aliphatic heterocycles. The molecule has 1 aromatic heterocycles. The molecule has 1 aromatic carbocycles. The molecule has 0 bridgehead atoms. The third-order valence-electron chi connectivity index (χ3n) is 3.68. The average Bonchev–Trinajstić information content (AvgIpc) is 3.06. The smallest absolute Gasteiger partial charge is 0.249 e. The van der Waals surface area contributed by atoms with E-state index in [0.29, 0.717) is 24.3 Å². The summed E-state index contributed by atoms with van der Waals surface area (Å²) in [6, 6.07) is 4.06. The van der Waals surface area contributed by atoms with Crippen molar-refractivity contribution in [2.24, 2.45) is 0 Å². The summed E-state index contributed by atoms with van der Waals surface area (Å²) in [6.07, 6.45) is 1.12. The summed E-state index contributed by atoms with van der Waals surface area (Å²) in [5.41, 5.74) is 0.454. The van der Waals surface area contributed by atoms with Crippen LogP contribution in [-0.2, 0) is 10.0 Å². The third-order valence-corrected chi connectivity index (χ3v) is 5.64. The van der Waals surface area contributed by atoms with Gasteiger partial charge in [-0.05, 0) is 31.9 Å². The number of aromatic nitrogens is 1. The van der Waals surface area contributed by atoms with Crippen LogP contribution < -0.4 is 0 Å². The van der Waals surface area contributed by atoms with E-state index in [0.717, 1.165) is 22.5 Å². The molecule has 22 heavy (non-hydrogen) atoms. The number of sulfonamides is 1. The number of rotatable bonds is 3. The SMILES string of the molecule is Cc1cc([C@@H]2CCCN2S(=O)(=O)c2c(F)cccc2F)no1. The molecule has 5 nitrogen and oxygen atoms in total. The zero-order valence-corrected chi connectivity index (χ0v) is 12.6. The Balaban J connectivity index is 2.05. The quantitative estimate of drug-likeness (QED) is 0.869. The Morgan fingerprint density at radius 3 is 2.59 bits per heavy atom. The van der Waals surface area contributed by atoms with Crippen molar-refractivity contribution in [2.45, 2.75) is 30.7 Å². The van der Waals surface area contributed by atoms with Gasteiger partial charge in [-0.2, -0.15) is 4.31 Å². The predicted molar refractivity (Wildman–Crippen MR) is 73.5 cm³/mol. The number of nitrogens with zero attached hydrogens (tertiary/aromatic N) is 2. The molecule has 0 N–H and O–H groups in total. The van der Waals surface area contributed by atoms with E-state index < -0.39 is 32.6 Å². The van der Waals surface area contributed by atoms with Crippen molar-refractivity contribution in [3.8, 4) is 0 Å². The van der Waals surface area contributed by atoms with Gasteiger partial charge < -0.3 is 4.52 Å². The van der Waals surface area contributed by atoms with Crippen molar-refractivity contribution in [2.75, 3.05) is 6.54 Å². The van der Waals surface area contributed by atoms with Crippen LogP contribution in [0.5, 0.6) is 0 Å². The summed E-state index contributed by atoms with van der Waals surface area (Å²) in [5.74, 6) is -1.64. The highest BCUT2D eigenvalue weighted by atomic mass is 32.2. The monoisotopic (exact) mass is 328 g/mol. The largest absolute Gasteiger partial charge is 0.361 e. The van der Waals surface area contributed by atoms with Crippen LogP contribution in [0.3, 0.4) is 0 Å². The fraction of sp³-hybridized carbons (Fsp3) is 0.357. The molecule has 2 aromatic rings. The van der Waals surface area contributed by atoms with E-state index in [-0.39, 0.29) is 6.54 Å². The second-order valence-corrected chi connectivity index (χ2v) is 7.01. The zero-order chi connectivity index (χ0) is 15.9. The van der Waals surface area contributed by atoms with E-state index in [4.69, 9.17) is 4.52 Å². The normalized spacial score (nSPS) is 19.7. The maximum Gasteiger partial charge on any atom is 0.249 e. The fourth-order valence-corrected chi connectivity index (χ4v) is 4.49. The molecule has 1 saturated heterocycles. The van der Waals surface area contributed by atoms with Gasteiger partial charge in [0.1, 0.15) is 23.1 Å². The van der Waals surface area contributed by atoms with Crippen LogP contribution in [-0.4, -0.2) is 24.4 Å². The van der Waals surface area contributed by atoms with Crippen molar-refractivity contribution in [1.82, 2.24) is 9.46 Å². The van der Waals surface area contributed by atoms with E-state index in [1.165, 1.54) is 0 Å². The molecule has 0 amide bonds. The molecule has 0 radical (unpaired) electrons. The zero-order valence-electron chi connectivity index (χ0n) is 11.8. The van der Waals surface area contributed by atoms with Crippen molar-refractivity contribution in [3.05, 3.63) is 47.4 Å². The Bertz CT molecular complexity index is 784. The number of benzene rings is 1. The first-order chi connectivity index (χ1) is 10.4. The lowest BCUT2D eigenvalue weighted by Crippen LogP contribution is -2.32. The van der Waals surface area contributed by atoms with Gasteiger partial charge in [-0.1, -0.05) is 11.2 Å². The van der Waals surface area contributed by atoms with E-state index >= 15 is 0 Å². The summed E-state index contributed by atoms with van der Waals surface area (Å²) in [4.78, 5) is -0.915. The lowest BCUT2D eigenvalue weighted by atomic mass is 10.1. The van der Waals surface area contributed by atoms with Crippen molar-refractivity contribution in [1.29, 1.82) is 0 Å². The highest BCUT2D eigenvalue weighted by Gasteiger charge is 2.40. The van der Waals surface area contributed by atoms with Crippen LogP contribution in [0.4, 0.5) is 8.78 Å². The minimum absolute atomic E-state index is 0.187. The van der Waals surface area contributed by atoms with Crippen molar-refractivity contribution < 1.29 is 21.7 Å². The first kappa shape index (κ1) is 15.1. The molecule has 1 fully saturated rings. The lowest BCUT2D eigenvalue weighted by Gasteiger charge is -2.22. The molecule has 118 valence electrons. The van der Waals surface area contributed by atoms with E-state index in [1.807, 2.05) is 0 Å². The number of aryl methyl sites for hydroxylation is 1. The Kier molecular flexibility index (Phi) is 3.73. The van der Waals surface area contributed by atoms with Gasteiger partial charge in [0.25, 0.3) is 0 Å². The standard InChI is InChI=1S/C14H14F2N2O3S/c1-9-8-12(17-21-9)13-6-3-7-18(13)22(19,20)14-10(15)4-2-5-11(14)16/h2,4-5,8,13H,3,6-7H2,1H3/t13-/m0/s1. The molecule has 0 unspecified atom stereocenters. The first-order valence-corrected chi connectivity index (χ1v) is 8.24. The van der Waals surface area contributed by atoms with Gasteiger partial charge in [0.2, 0.25) is 10.0 Å². The van der Waals surface area contributed by atoms with Gasteiger partial charge in [-0.3, -0.25) is 0 Å². The van der Waals surface area contributed by atoms with Crippen LogP contribution >= 0.6 is 0 Å². The second kappa shape index (κ2) is 5.44. The fourth-order valence-electron chi connectivity index (χ4n) is 2.71. The Labute approximate surface area is 126 Å². The molecular weight excluding hydrogens is 314 g/mol. The van der Waals surface area contributed by atoms with Crippen LogP contribution in [0.2, 0.25) is 0 Å². The summed E-state index contributed by atoms with van der Waals surface area (Å²) >= 11 is 0. The van der Waals surface area contributed by atoms with Crippen LogP contribution in [0.25, 0.3) is 0 Å². The van der Waals surface area contributed by atoms with E-state index in [9.17, 15) is 17.2 Å². The van der Waals surface area contributed by atoms with Gasteiger partial charge in [-0.25, -0.2) is 17.2 Å². The first-order valence-electron chi connectivity index (χ1n) is 6.80. The Hall–Kier alpha value is -1.80. The molecular formula is C14H14F2N2O3S. The van der Waals surface area contributed by atoms with Gasteiger partial charge >= 0.3 is 0 Å². The van der Waals surface area contributed by atoms with Crippen LogP contribution in [0, 0.1) is 18.6 Å². The third kappa shape index (κ3) is 2.42.